The van der Waals surface area contributed by atoms with Crippen LogP contribution in [0.3, 0.4) is 0 Å². The number of carbonyl (C=O) groups is 1. The number of amides is 1. The number of aliphatic imine (C=N–C) groups is 1. The number of carbonyl (C=O) groups excluding carboxylic acids is 1. The van der Waals surface area contributed by atoms with Crippen molar-refractivity contribution in [3.63, 3.8) is 0 Å². The maximum Gasteiger partial charge on any atom is 0.258 e. The van der Waals surface area contributed by atoms with Gasteiger partial charge >= 0.3 is 0 Å². The summed E-state index contributed by atoms with van der Waals surface area (Å²) in [6.45, 7) is 2.01. The second kappa shape index (κ2) is 4.84. The van der Waals surface area contributed by atoms with Crippen molar-refractivity contribution < 1.29 is 9.53 Å². The third kappa shape index (κ3) is 2.09. The van der Waals surface area contributed by atoms with Gasteiger partial charge in [-0.25, -0.2) is 4.99 Å². The number of aryl methyl sites for hydroxylation is 1. The average molecular weight is 290 g/mol. The summed E-state index contributed by atoms with van der Waals surface area (Å²) in [5.41, 5.74) is 3.44. The van der Waals surface area contributed by atoms with Crippen LogP contribution in [0.15, 0.2) is 59.1 Å². The predicted octanol–water partition coefficient (Wildman–Crippen LogP) is 3.00. The summed E-state index contributed by atoms with van der Waals surface area (Å²) >= 11 is 0. The minimum absolute atomic E-state index is 0.161. The van der Waals surface area contributed by atoms with Gasteiger partial charge in [-0.2, -0.15) is 0 Å². The quantitative estimate of drug-likeness (QED) is 0.877. The lowest BCUT2D eigenvalue weighted by Crippen LogP contribution is -2.39. The molecule has 4 nitrogen and oxygen atoms in total. The van der Waals surface area contributed by atoms with Crippen LogP contribution in [0.4, 0.5) is 0 Å². The molecule has 0 radical (unpaired) electrons. The molecule has 2 aliphatic heterocycles. The molecular weight excluding hydrogens is 276 g/mol. The number of rotatable bonds is 1. The minimum Gasteiger partial charge on any atom is -0.438 e. The molecule has 1 N–H and O–H groups in total. The summed E-state index contributed by atoms with van der Waals surface area (Å²) in [6, 6.07) is 15.5. The predicted molar refractivity (Wildman–Crippen MR) is 84.5 cm³/mol. The van der Waals surface area contributed by atoms with Gasteiger partial charge in [0.05, 0.1) is 0 Å². The first-order valence-electron chi connectivity index (χ1n) is 7.15. The molecule has 1 atom stereocenters. The molecule has 108 valence electrons. The van der Waals surface area contributed by atoms with Crippen molar-refractivity contribution in [2.24, 2.45) is 4.99 Å². The van der Waals surface area contributed by atoms with Crippen molar-refractivity contribution in [1.29, 1.82) is 0 Å². The second-order valence-corrected chi connectivity index (χ2v) is 5.42. The van der Waals surface area contributed by atoms with Crippen LogP contribution in [-0.2, 0) is 4.79 Å². The lowest BCUT2D eigenvalue weighted by molar-refractivity contribution is -0.118. The summed E-state index contributed by atoms with van der Waals surface area (Å²) in [4.78, 5) is 16.9. The molecule has 2 aromatic carbocycles. The Morgan fingerprint density at radius 1 is 1.14 bits per heavy atom. The first-order valence-corrected chi connectivity index (χ1v) is 7.15. The van der Waals surface area contributed by atoms with Gasteiger partial charge in [-0.3, -0.25) is 4.79 Å². The highest BCUT2D eigenvalue weighted by atomic mass is 16.5. The smallest absolute Gasteiger partial charge is 0.258 e. The van der Waals surface area contributed by atoms with Crippen LogP contribution in [0.25, 0.3) is 6.08 Å². The molecule has 0 spiro atoms. The molecule has 2 aliphatic rings. The number of ether oxygens (including phenoxy) is 1. The molecular formula is C18H14N2O2. The molecule has 0 saturated heterocycles. The van der Waals surface area contributed by atoms with E-state index in [1.54, 1.807) is 0 Å². The molecule has 1 amide bonds. The van der Waals surface area contributed by atoms with Crippen molar-refractivity contribution in [1.82, 2.24) is 5.32 Å². The van der Waals surface area contributed by atoms with Gasteiger partial charge in [0, 0.05) is 5.56 Å². The number of hydrogen-bond acceptors (Lipinski definition) is 3. The molecule has 0 saturated carbocycles. The third-order valence-corrected chi connectivity index (χ3v) is 3.77. The lowest BCUT2D eigenvalue weighted by atomic mass is 10.0. The van der Waals surface area contributed by atoms with Gasteiger partial charge in [0.25, 0.3) is 5.91 Å². The fourth-order valence-electron chi connectivity index (χ4n) is 2.68. The third-order valence-electron chi connectivity index (χ3n) is 3.77. The Hall–Kier alpha value is -2.88. The topological polar surface area (TPSA) is 50.7 Å². The zero-order valence-electron chi connectivity index (χ0n) is 12.0. The van der Waals surface area contributed by atoms with Crippen LogP contribution >= 0.6 is 0 Å². The van der Waals surface area contributed by atoms with Crippen molar-refractivity contribution in [3.8, 4) is 5.75 Å². The molecule has 2 heterocycles. The molecule has 0 fully saturated rings. The van der Waals surface area contributed by atoms with Crippen LogP contribution in [0.1, 0.15) is 22.9 Å². The standard InChI is InChI=1S/C18H14N2O2/c1-11-5-4-7-13(9-11)16-19-17(21)14-10-12-6-2-3-8-15(12)22-18(14)20-16/h2-10,16H,1H3,(H,19,21). The van der Waals surface area contributed by atoms with E-state index in [2.05, 4.69) is 10.3 Å². The number of nitrogens with zero attached hydrogens (tertiary/aromatic N) is 1. The van der Waals surface area contributed by atoms with E-state index < -0.39 is 6.17 Å². The summed E-state index contributed by atoms with van der Waals surface area (Å²) < 4.78 is 5.81. The SMILES string of the molecule is Cc1cccc(C2N=C3Oc4ccccc4C=C3C(=O)N2)c1. The Labute approximate surface area is 128 Å². The summed E-state index contributed by atoms with van der Waals surface area (Å²) in [5.74, 6) is 0.947. The van der Waals surface area contributed by atoms with Gasteiger partial charge in [-0.1, -0.05) is 48.0 Å². The Bertz CT molecular complexity index is 836. The molecule has 0 aromatic heterocycles. The molecule has 2 aromatic rings. The van der Waals surface area contributed by atoms with E-state index in [-0.39, 0.29) is 5.91 Å². The maximum absolute atomic E-state index is 12.4. The zero-order chi connectivity index (χ0) is 15.1. The number of para-hydroxylation sites is 1. The zero-order valence-corrected chi connectivity index (χ0v) is 12.0. The highest BCUT2D eigenvalue weighted by molar-refractivity contribution is 6.24. The van der Waals surface area contributed by atoms with E-state index in [4.69, 9.17) is 4.74 Å². The highest BCUT2D eigenvalue weighted by Gasteiger charge is 2.31. The molecule has 4 heteroatoms. The van der Waals surface area contributed by atoms with Crippen LogP contribution in [0.2, 0.25) is 0 Å². The minimum atomic E-state index is -0.412. The van der Waals surface area contributed by atoms with E-state index in [0.29, 0.717) is 11.5 Å². The highest BCUT2D eigenvalue weighted by Crippen LogP contribution is 2.31. The number of benzene rings is 2. The number of fused-ring (bicyclic) bond motifs is 2. The van der Waals surface area contributed by atoms with Crippen LogP contribution in [-0.4, -0.2) is 11.8 Å². The first-order chi connectivity index (χ1) is 10.7. The van der Waals surface area contributed by atoms with Gasteiger partial charge in [-0.05, 0) is 24.6 Å². The van der Waals surface area contributed by atoms with Gasteiger partial charge in [0.2, 0.25) is 5.90 Å². The Morgan fingerprint density at radius 3 is 2.86 bits per heavy atom. The molecule has 22 heavy (non-hydrogen) atoms. The Kier molecular flexibility index (Phi) is 2.82. The van der Waals surface area contributed by atoms with Crippen molar-refractivity contribution in [2.45, 2.75) is 13.1 Å². The average Bonchev–Trinajstić information content (AvgIpc) is 2.53. The summed E-state index contributed by atoms with van der Waals surface area (Å²) in [6.07, 6.45) is 1.41. The molecule has 1 unspecified atom stereocenters. The van der Waals surface area contributed by atoms with E-state index in [1.807, 2.05) is 61.5 Å². The van der Waals surface area contributed by atoms with Crippen LogP contribution in [0.5, 0.6) is 5.75 Å². The normalized spacial score (nSPS) is 19.1. The Morgan fingerprint density at radius 2 is 2.00 bits per heavy atom. The van der Waals surface area contributed by atoms with Gasteiger partial charge in [-0.15, -0.1) is 0 Å². The van der Waals surface area contributed by atoms with Crippen molar-refractivity contribution in [3.05, 3.63) is 70.8 Å². The monoisotopic (exact) mass is 290 g/mol. The van der Waals surface area contributed by atoms with Crippen LogP contribution in [0, 0.1) is 6.92 Å². The van der Waals surface area contributed by atoms with Gasteiger partial charge in [0.1, 0.15) is 11.3 Å². The van der Waals surface area contributed by atoms with E-state index in [9.17, 15) is 4.79 Å². The van der Waals surface area contributed by atoms with Gasteiger partial charge < -0.3 is 10.1 Å². The second-order valence-electron chi connectivity index (χ2n) is 5.42. The Balaban J connectivity index is 1.77. The van der Waals surface area contributed by atoms with Crippen LogP contribution < -0.4 is 10.1 Å². The largest absolute Gasteiger partial charge is 0.438 e. The fourth-order valence-corrected chi connectivity index (χ4v) is 2.68. The number of hydrogen-bond donors (Lipinski definition) is 1. The lowest BCUT2D eigenvalue weighted by Gasteiger charge is -2.26. The summed E-state index contributed by atoms with van der Waals surface area (Å²) in [7, 11) is 0. The van der Waals surface area contributed by atoms with E-state index in [1.165, 1.54) is 0 Å². The van der Waals surface area contributed by atoms with Gasteiger partial charge in [0.15, 0.2) is 6.17 Å². The van der Waals surface area contributed by atoms with E-state index in [0.717, 1.165) is 22.4 Å². The molecule has 4 rings (SSSR count). The van der Waals surface area contributed by atoms with Crippen molar-refractivity contribution in [2.75, 3.05) is 0 Å². The fraction of sp³-hybridized carbons (Fsp3) is 0.111. The first kappa shape index (κ1) is 12.8. The summed E-state index contributed by atoms with van der Waals surface area (Å²) in [5, 5.41) is 2.92. The molecule has 0 bridgehead atoms. The molecule has 0 aliphatic carbocycles. The number of nitrogens with one attached hydrogen (secondary N) is 1. The maximum atomic E-state index is 12.4. The van der Waals surface area contributed by atoms with Crippen molar-refractivity contribution >= 4 is 17.9 Å². The van der Waals surface area contributed by atoms with E-state index >= 15 is 0 Å².